The monoisotopic (exact) mass is 350 g/mol. The summed E-state index contributed by atoms with van der Waals surface area (Å²) >= 11 is 6.10. The van der Waals surface area contributed by atoms with Crippen molar-refractivity contribution in [1.82, 2.24) is 9.55 Å². The van der Waals surface area contributed by atoms with Gasteiger partial charge in [0.05, 0.1) is 22.9 Å². The van der Waals surface area contributed by atoms with Crippen LogP contribution in [0.4, 0.5) is 0 Å². The molecule has 0 spiro atoms. The van der Waals surface area contributed by atoms with Crippen LogP contribution in [0, 0.1) is 13.8 Å². The minimum Gasteiger partial charge on any atom is -0.461 e. The number of aromatic nitrogens is 2. The van der Waals surface area contributed by atoms with Gasteiger partial charge in [0.25, 0.3) is 5.56 Å². The second-order valence-corrected chi connectivity index (χ2v) is 6.39. The number of rotatable bonds is 2. The zero-order valence-electron chi connectivity index (χ0n) is 13.8. The Labute approximate surface area is 149 Å². The lowest BCUT2D eigenvalue weighted by molar-refractivity contribution is 0.574. The SMILES string of the molecule is Cc1cccc(C)c1-n1c(-c2ccco2)nc2ccc(Cl)cc2c1=O. The van der Waals surface area contributed by atoms with E-state index in [0.29, 0.717) is 27.5 Å². The number of halogens is 1. The highest BCUT2D eigenvalue weighted by Crippen LogP contribution is 2.26. The molecule has 4 nitrogen and oxygen atoms in total. The van der Waals surface area contributed by atoms with Crippen LogP contribution in [0.25, 0.3) is 28.2 Å². The smallest absolute Gasteiger partial charge is 0.266 e. The van der Waals surface area contributed by atoms with E-state index in [1.807, 2.05) is 32.0 Å². The molecular weight excluding hydrogens is 336 g/mol. The minimum absolute atomic E-state index is 0.170. The molecule has 0 bridgehead atoms. The summed E-state index contributed by atoms with van der Waals surface area (Å²) in [6.45, 7) is 3.95. The number of aryl methyl sites for hydroxylation is 2. The first-order valence-corrected chi connectivity index (χ1v) is 8.27. The minimum atomic E-state index is -0.170. The van der Waals surface area contributed by atoms with Gasteiger partial charge in [-0.1, -0.05) is 29.8 Å². The Morgan fingerprint density at radius 1 is 1.04 bits per heavy atom. The summed E-state index contributed by atoms with van der Waals surface area (Å²) in [6.07, 6.45) is 1.57. The van der Waals surface area contributed by atoms with Crippen LogP contribution in [-0.4, -0.2) is 9.55 Å². The van der Waals surface area contributed by atoms with Gasteiger partial charge in [-0.25, -0.2) is 4.98 Å². The number of furan rings is 1. The molecule has 0 unspecified atom stereocenters. The number of para-hydroxylation sites is 1. The molecule has 0 radical (unpaired) electrons. The molecule has 124 valence electrons. The molecule has 2 aromatic carbocycles. The molecular formula is C20H15ClN2O2. The summed E-state index contributed by atoms with van der Waals surface area (Å²) in [4.78, 5) is 18.0. The first-order valence-electron chi connectivity index (χ1n) is 7.89. The third-order valence-corrected chi connectivity index (χ3v) is 4.47. The summed E-state index contributed by atoms with van der Waals surface area (Å²) in [7, 11) is 0. The maximum absolute atomic E-state index is 13.3. The Morgan fingerprint density at radius 3 is 2.48 bits per heavy atom. The molecule has 2 heterocycles. The Morgan fingerprint density at radius 2 is 1.80 bits per heavy atom. The van der Waals surface area contributed by atoms with Gasteiger partial charge < -0.3 is 4.42 Å². The van der Waals surface area contributed by atoms with Crippen molar-refractivity contribution in [3.8, 4) is 17.3 Å². The molecule has 0 fully saturated rings. The number of benzene rings is 2. The number of fused-ring (bicyclic) bond motifs is 1. The fourth-order valence-electron chi connectivity index (χ4n) is 3.09. The highest BCUT2D eigenvalue weighted by molar-refractivity contribution is 6.31. The van der Waals surface area contributed by atoms with Crippen LogP contribution in [0.3, 0.4) is 0 Å². The fraction of sp³-hybridized carbons (Fsp3) is 0.100. The van der Waals surface area contributed by atoms with E-state index < -0.39 is 0 Å². The van der Waals surface area contributed by atoms with Crippen LogP contribution in [0.5, 0.6) is 0 Å². The van der Waals surface area contributed by atoms with Gasteiger partial charge in [0.2, 0.25) is 0 Å². The highest BCUT2D eigenvalue weighted by atomic mass is 35.5. The van der Waals surface area contributed by atoms with Crippen LogP contribution in [0.15, 0.2) is 64.0 Å². The van der Waals surface area contributed by atoms with Gasteiger partial charge in [0.15, 0.2) is 11.6 Å². The maximum atomic E-state index is 13.3. The molecule has 0 aliphatic rings. The summed E-state index contributed by atoms with van der Waals surface area (Å²) < 4.78 is 7.15. The van der Waals surface area contributed by atoms with Crippen molar-refractivity contribution in [3.63, 3.8) is 0 Å². The number of hydrogen-bond acceptors (Lipinski definition) is 3. The lowest BCUT2D eigenvalue weighted by Gasteiger charge is -2.16. The van der Waals surface area contributed by atoms with Gasteiger partial charge in [-0.3, -0.25) is 9.36 Å². The van der Waals surface area contributed by atoms with Crippen LogP contribution in [-0.2, 0) is 0 Å². The molecule has 25 heavy (non-hydrogen) atoms. The Hall–Kier alpha value is -2.85. The van der Waals surface area contributed by atoms with E-state index in [0.717, 1.165) is 16.8 Å². The Balaban J connectivity index is 2.20. The molecule has 0 atom stereocenters. The largest absolute Gasteiger partial charge is 0.461 e. The van der Waals surface area contributed by atoms with Gasteiger partial charge in [-0.05, 0) is 55.3 Å². The third kappa shape index (κ3) is 2.55. The van der Waals surface area contributed by atoms with E-state index in [9.17, 15) is 4.79 Å². The van der Waals surface area contributed by atoms with E-state index in [4.69, 9.17) is 16.0 Å². The lowest BCUT2D eigenvalue weighted by atomic mass is 10.1. The first kappa shape index (κ1) is 15.7. The molecule has 4 rings (SSSR count). The number of hydrogen-bond donors (Lipinski definition) is 0. The quantitative estimate of drug-likeness (QED) is 0.515. The predicted octanol–water partition coefficient (Wildman–Crippen LogP) is 4.92. The molecule has 4 aromatic rings. The predicted molar refractivity (Wildman–Crippen MR) is 99.5 cm³/mol. The molecule has 0 saturated carbocycles. The van der Waals surface area contributed by atoms with Crippen molar-refractivity contribution in [3.05, 3.63) is 81.3 Å². The van der Waals surface area contributed by atoms with Crippen LogP contribution in [0.2, 0.25) is 5.02 Å². The second kappa shape index (κ2) is 5.90. The molecule has 0 aliphatic heterocycles. The Bertz CT molecular complexity index is 1120. The lowest BCUT2D eigenvalue weighted by Crippen LogP contribution is -2.23. The summed E-state index contributed by atoms with van der Waals surface area (Å²) in [5, 5.41) is 0.982. The molecule has 0 saturated heterocycles. The van der Waals surface area contributed by atoms with Gasteiger partial charge >= 0.3 is 0 Å². The zero-order valence-corrected chi connectivity index (χ0v) is 14.5. The normalized spacial score (nSPS) is 11.2. The van der Waals surface area contributed by atoms with Crippen molar-refractivity contribution in [2.45, 2.75) is 13.8 Å². The first-order chi connectivity index (χ1) is 12.1. The molecule has 0 N–H and O–H groups in total. The van der Waals surface area contributed by atoms with Gasteiger partial charge in [0, 0.05) is 5.02 Å². The molecule has 0 aliphatic carbocycles. The molecule has 0 amide bonds. The summed E-state index contributed by atoms with van der Waals surface area (Å²) in [5.74, 6) is 1.01. The van der Waals surface area contributed by atoms with Crippen LogP contribution < -0.4 is 5.56 Å². The molecule has 5 heteroatoms. The average Bonchev–Trinajstić information content (AvgIpc) is 3.11. The second-order valence-electron chi connectivity index (χ2n) is 5.96. The van der Waals surface area contributed by atoms with Crippen LogP contribution in [0.1, 0.15) is 11.1 Å². The van der Waals surface area contributed by atoms with Gasteiger partial charge in [-0.2, -0.15) is 0 Å². The third-order valence-electron chi connectivity index (χ3n) is 4.23. The van der Waals surface area contributed by atoms with E-state index in [1.165, 1.54) is 0 Å². The van der Waals surface area contributed by atoms with Gasteiger partial charge in [0.1, 0.15) is 0 Å². The summed E-state index contributed by atoms with van der Waals surface area (Å²) in [5.41, 5.74) is 3.20. The topological polar surface area (TPSA) is 48.0 Å². The van der Waals surface area contributed by atoms with Crippen molar-refractivity contribution in [1.29, 1.82) is 0 Å². The highest BCUT2D eigenvalue weighted by Gasteiger charge is 2.19. The van der Waals surface area contributed by atoms with Gasteiger partial charge in [-0.15, -0.1) is 0 Å². The number of nitrogens with zero attached hydrogens (tertiary/aromatic N) is 2. The van der Waals surface area contributed by atoms with Crippen molar-refractivity contribution in [2.75, 3.05) is 0 Å². The van der Waals surface area contributed by atoms with E-state index in [1.54, 1.807) is 41.2 Å². The molecule has 2 aromatic heterocycles. The van der Waals surface area contributed by atoms with Crippen molar-refractivity contribution < 1.29 is 4.42 Å². The average molecular weight is 351 g/mol. The van der Waals surface area contributed by atoms with Crippen LogP contribution >= 0.6 is 11.6 Å². The maximum Gasteiger partial charge on any atom is 0.266 e. The summed E-state index contributed by atoms with van der Waals surface area (Å²) in [6, 6.07) is 14.6. The standard InChI is InChI=1S/C20H15ClN2O2/c1-12-5-3-6-13(2)18(12)23-19(17-7-4-10-25-17)22-16-9-8-14(21)11-15(16)20(23)24/h3-11H,1-2H3. The van der Waals surface area contributed by atoms with Crippen molar-refractivity contribution >= 4 is 22.5 Å². The van der Waals surface area contributed by atoms with Crippen molar-refractivity contribution in [2.24, 2.45) is 0 Å². The van der Waals surface area contributed by atoms with E-state index in [2.05, 4.69) is 4.98 Å². The van der Waals surface area contributed by atoms with E-state index >= 15 is 0 Å². The zero-order chi connectivity index (χ0) is 17.6. The Kier molecular flexibility index (Phi) is 3.70. The fourth-order valence-corrected chi connectivity index (χ4v) is 3.27. The van der Waals surface area contributed by atoms with E-state index in [-0.39, 0.29) is 5.56 Å².